The second kappa shape index (κ2) is 6.83. The second-order valence-corrected chi connectivity index (χ2v) is 5.06. The lowest BCUT2D eigenvalue weighted by atomic mass is 10.2. The van der Waals surface area contributed by atoms with Gasteiger partial charge in [-0.25, -0.2) is 4.68 Å². The molecular formula is C16H20N4O. The summed E-state index contributed by atoms with van der Waals surface area (Å²) >= 11 is 0. The van der Waals surface area contributed by atoms with Crippen molar-refractivity contribution in [1.82, 2.24) is 19.9 Å². The third kappa shape index (κ3) is 4.02. The predicted molar refractivity (Wildman–Crippen MR) is 82.0 cm³/mol. The summed E-state index contributed by atoms with van der Waals surface area (Å²) in [4.78, 5) is 14.1. The van der Waals surface area contributed by atoms with E-state index in [1.807, 2.05) is 44.2 Å². The Kier molecular flexibility index (Phi) is 4.87. The maximum Gasteiger partial charge on any atom is 0.276 e. The molecule has 1 heterocycles. The van der Waals surface area contributed by atoms with E-state index in [2.05, 4.69) is 16.9 Å². The van der Waals surface area contributed by atoms with Crippen LogP contribution in [0.25, 0.3) is 0 Å². The predicted octanol–water partition coefficient (Wildman–Crippen LogP) is 2.36. The number of hydrogen-bond donors (Lipinski definition) is 0. The van der Waals surface area contributed by atoms with Crippen LogP contribution < -0.4 is 0 Å². The molecule has 0 spiro atoms. The molecule has 110 valence electrons. The molecule has 2 aromatic rings. The van der Waals surface area contributed by atoms with Crippen LogP contribution in [0.2, 0.25) is 0 Å². The summed E-state index contributed by atoms with van der Waals surface area (Å²) in [6, 6.07) is 9.95. The molecule has 0 aliphatic carbocycles. The average molecular weight is 284 g/mol. The van der Waals surface area contributed by atoms with E-state index in [0.717, 1.165) is 11.1 Å². The Morgan fingerprint density at radius 2 is 2.05 bits per heavy atom. The van der Waals surface area contributed by atoms with Gasteiger partial charge in [-0.15, -0.1) is 5.10 Å². The molecule has 0 aliphatic heterocycles. The van der Waals surface area contributed by atoms with Gasteiger partial charge < -0.3 is 4.90 Å². The van der Waals surface area contributed by atoms with Gasteiger partial charge in [-0.2, -0.15) is 0 Å². The van der Waals surface area contributed by atoms with Crippen molar-refractivity contribution >= 4 is 5.91 Å². The minimum Gasteiger partial charge on any atom is -0.334 e. The van der Waals surface area contributed by atoms with Gasteiger partial charge in [0.2, 0.25) is 0 Å². The van der Waals surface area contributed by atoms with Crippen LogP contribution in [0, 0.1) is 0 Å². The van der Waals surface area contributed by atoms with E-state index in [1.54, 1.807) is 15.8 Å². The van der Waals surface area contributed by atoms with E-state index in [1.165, 1.54) is 0 Å². The van der Waals surface area contributed by atoms with Gasteiger partial charge in [0, 0.05) is 13.1 Å². The Labute approximate surface area is 124 Å². The Morgan fingerprint density at radius 3 is 2.67 bits per heavy atom. The molecule has 0 saturated carbocycles. The van der Waals surface area contributed by atoms with E-state index in [9.17, 15) is 4.79 Å². The standard InChI is InChI=1S/C16H20N4O/c1-4-19(10-13(2)3)16(21)15-12-20(18-17-15)11-14-8-6-5-7-9-14/h5-9,12H,2,4,10-11H2,1,3H3. The van der Waals surface area contributed by atoms with Gasteiger partial charge in [0.15, 0.2) is 5.69 Å². The van der Waals surface area contributed by atoms with Crippen molar-refractivity contribution in [2.75, 3.05) is 13.1 Å². The van der Waals surface area contributed by atoms with Crippen molar-refractivity contribution in [3.05, 3.63) is 59.9 Å². The minimum absolute atomic E-state index is 0.111. The van der Waals surface area contributed by atoms with Crippen LogP contribution in [0.15, 0.2) is 48.7 Å². The number of rotatable bonds is 6. The van der Waals surface area contributed by atoms with Crippen molar-refractivity contribution < 1.29 is 4.79 Å². The first kappa shape index (κ1) is 15.0. The average Bonchev–Trinajstić information content (AvgIpc) is 2.93. The van der Waals surface area contributed by atoms with Crippen LogP contribution in [0.1, 0.15) is 29.9 Å². The maximum absolute atomic E-state index is 12.3. The zero-order chi connectivity index (χ0) is 15.2. The van der Waals surface area contributed by atoms with Crippen LogP contribution in [-0.4, -0.2) is 38.9 Å². The van der Waals surface area contributed by atoms with Crippen molar-refractivity contribution in [2.24, 2.45) is 0 Å². The fourth-order valence-electron chi connectivity index (χ4n) is 2.06. The molecule has 1 amide bonds. The van der Waals surface area contributed by atoms with Crippen LogP contribution >= 0.6 is 0 Å². The molecule has 1 aromatic heterocycles. The summed E-state index contributed by atoms with van der Waals surface area (Å²) in [6.07, 6.45) is 1.69. The Bertz CT molecular complexity index is 618. The van der Waals surface area contributed by atoms with E-state index >= 15 is 0 Å². The van der Waals surface area contributed by atoms with E-state index < -0.39 is 0 Å². The molecular weight excluding hydrogens is 264 g/mol. The zero-order valence-corrected chi connectivity index (χ0v) is 12.5. The Hall–Kier alpha value is -2.43. The summed E-state index contributed by atoms with van der Waals surface area (Å²) in [5.41, 5.74) is 2.44. The molecule has 5 heteroatoms. The first-order valence-corrected chi connectivity index (χ1v) is 6.98. The smallest absolute Gasteiger partial charge is 0.276 e. The molecule has 21 heavy (non-hydrogen) atoms. The summed E-state index contributed by atoms with van der Waals surface area (Å²) in [7, 11) is 0. The lowest BCUT2D eigenvalue weighted by molar-refractivity contribution is 0.0772. The van der Waals surface area contributed by atoms with Gasteiger partial charge in [-0.1, -0.05) is 47.7 Å². The molecule has 0 unspecified atom stereocenters. The maximum atomic E-state index is 12.3. The lowest BCUT2D eigenvalue weighted by Crippen LogP contribution is -2.32. The van der Waals surface area contributed by atoms with Crippen LogP contribution in [0.3, 0.4) is 0 Å². The molecule has 2 rings (SSSR count). The largest absolute Gasteiger partial charge is 0.334 e. The third-order valence-corrected chi connectivity index (χ3v) is 3.07. The number of aromatic nitrogens is 3. The SMILES string of the molecule is C=C(C)CN(CC)C(=O)c1cn(Cc2ccccc2)nn1. The molecule has 0 N–H and O–H groups in total. The monoisotopic (exact) mass is 284 g/mol. The van der Waals surface area contributed by atoms with Gasteiger partial charge in [-0.3, -0.25) is 4.79 Å². The second-order valence-electron chi connectivity index (χ2n) is 5.06. The number of likely N-dealkylation sites (N-methyl/N-ethyl adjacent to an activating group) is 1. The van der Waals surface area contributed by atoms with Gasteiger partial charge >= 0.3 is 0 Å². The summed E-state index contributed by atoms with van der Waals surface area (Å²) in [5, 5.41) is 8.01. The van der Waals surface area contributed by atoms with Crippen molar-refractivity contribution in [1.29, 1.82) is 0 Å². The lowest BCUT2D eigenvalue weighted by Gasteiger charge is -2.19. The van der Waals surface area contributed by atoms with Crippen molar-refractivity contribution in [3.8, 4) is 0 Å². The summed E-state index contributed by atoms with van der Waals surface area (Å²) in [5.74, 6) is -0.111. The highest BCUT2D eigenvalue weighted by Gasteiger charge is 2.17. The molecule has 1 aromatic carbocycles. The minimum atomic E-state index is -0.111. The van der Waals surface area contributed by atoms with Crippen molar-refractivity contribution in [2.45, 2.75) is 20.4 Å². The summed E-state index contributed by atoms with van der Waals surface area (Å²) in [6.45, 7) is 9.46. The van der Waals surface area contributed by atoms with Gasteiger partial charge in [0.05, 0.1) is 12.7 Å². The highest BCUT2D eigenvalue weighted by Crippen LogP contribution is 2.06. The van der Waals surface area contributed by atoms with E-state index in [0.29, 0.717) is 25.3 Å². The molecule has 0 radical (unpaired) electrons. The van der Waals surface area contributed by atoms with E-state index in [-0.39, 0.29) is 5.91 Å². The van der Waals surface area contributed by atoms with Crippen LogP contribution in [-0.2, 0) is 6.54 Å². The number of benzene rings is 1. The first-order valence-electron chi connectivity index (χ1n) is 6.98. The van der Waals surface area contributed by atoms with Crippen LogP contribution in [0.4, 0.5) is 0 Å². The fourth-order valence-corrected chi connectivity index (χ4v) is 2.06. The third-order valence-electron chi connectivity index (χ3n) is 3.07. The number of carbonyl (C=O) groups is 1. The van der Waals surface area contributed by atoms with Crippen LogP contribution in [0.5, 0.6) is 0 Å². The molecule has 0 atom stereocenters. The Balaban J connectivity index is 2.08. The number of hydrogen-bond acceptors (Lipinski definition) is 3. The van der Waals surface area contributed by atoms with Gasteiger partial charge in [0.1, 0.15) is 0 Å². The molecule has 5 nitrogen and oxygen atoms in total. The summed E-state index contributed by atoms with van der Waals surface area (Å²) < 4.78 is 1.68. The first-order chi connectivity index (χ1) is 10.1. The molecule has 0 aliphatic rings. The highest BCUT2D eigenvalue weighted by molar-refractivity contribution is 5.92. The number of carbonyl (C=O) groups excluding carboxylic acids is 1. The molecule has 0 saturated heterocycles. The topological polar surface area (TPSA) is 51.0 Å². The quantitative estimate of drug-likeness (QED) is 0.765. The molecule has 0 fully saturated rings. The normalized spacial score (nSPS) is 10.4. The highest BCUT2D eigenvalue weighted by atomic mass is 16.2. The number of amides is 1. The molecule has 0 bridgehead atoms. The fraction of sp³-hybridized carbons (Fsp3) is 0.312. The van der Waals surface area contributed by atoms with Crippen molar-refractivity contribution in [3.63, 3.8) is 0 Å². The Morgan fingerprint density at radius 1 is 1.33 bits per heavy atom. The van der Waals surface area contributed by atoms with Gasteiger partial charge in [0.25, 0.3) is 5.91 Å². The van der Waals surface area contributed by atoms with E-state index in [4.69, 9.17) is 0 Å². The zero-order valence-electron chi connectivity index (χ0n) is 12.5. The number of nitrogens with zero attached hydrogens (tertiary/aromatic N) is 4. The van der Waals surface area contributed by atoms with Gasteiger partial charge in [-0.05, 0) is 19.4 Å².